The Hall–Kier alpha value is -2.22. The van der Waals surface area contributed by atoms with E-state index in [4.69, 9.17) is 0 Å². The summed E-state index contributed by atoms with van der Waals surface area (Å²) in [6.07, 6.45) is 6.47. The summed E-state index contributed by atoms with van der Waals surface area (Å²) in [5.74, 6) is -0.220. The maximum Gasteiger partial charge on any atom is 0.251 e. The van der Waals surface area contributed by atoms with Crippen LogP contribution in [0.4, 0.5) is 0 Å². The molecule has 0 atom stereocenters. The van der Waals surface area contributed by atoms with Gasteiger partial charge in [0.2, 0.25) is 10.0 Å². The Labute approximate surface area is 186 Å². The molecule has 1 amide bonds. The first kappa shape index (κ1) is 23.4. The topological polar surface area (TPSA) is 78.5 Å². The van der Waals surface area contributed by atoms with E-state index in [-0.39, 0.29) is 10.8 Å². The molecule has 0 heterocycles. The lowest BCUT2D eigenvalue weighted by molar-refractivity contribution is 0.0950. The molecule has 1 saturated carbocycles. The highest BCUT2D eigenvalue weighted by molar-refractivity contribution is 7.89. The predicted molar refractivity (Wildman–Crippen MR) is 123 cm³/mol. The van der Waals surface area contributed by atoms with Crippen LogP contribution in [0.15, 0.2) is 53.4 Å². The van der Waals surface area contributed by atoms with Crippen LogP contribution in [-0.2, 0) is 23.1 Å². The van der Waals surface area contributed by atoms with Gasteiger partial charge in [0, 0.05) is 31.2 Å². The highest BCUT2D eigenvalue weighted by Crippen LogP contribution is 2.23. The smallest absolute Gasteiger partial charge is 0.251 e. The van der Waals surface area contributed by atoms with Gasteiger partial charge in [-0.3, -0.25) is 9.69 Å². The molecular weight excluding hydrogens is 410 g/mol. The van der Waals surface area contributed by atoms with E-state index < -0.39 is 10.0 Å². The van der Waals surface area contributed by atoms with Crippen LogP contribution in [0, 0.1) is 0 Å². The fraction of sp³-hybridized carbons (Fsp3) is 0.458. The molecule has 0 aromatic heterocycles. The van der Waals surface area contributed by atoms with Gasteiger partial charge in [0.25, 0.3) is 5.91 Å². The van der Waals surface area contributed by atoms with E-state index in [0.717, 1.165) is 12.1 Å². The zero-order valence-electron chi connectivity index (χ0n) is 18.4. The number of amides is 1. The van der Waals surface area contributed by atoms with Crippen molar-refractivity contribution in [2.45, 2.75) is 63.1 Å². The summed E-state index contributed by atoms with van der Waals surface area (Å²) in [5.41, 5.74) is 2.76. The zero-order valence-corrected chi connectivity index (χ0v) is 19.2. The van der Waals surface area contributed by atoms with Crippen molar-refractivity contribution in [3.05, 3.63) is 65.2 Å². The summed E-state index contributed by atoms with van der Waals surface area (Å²) in [6, 6.07) is 14.8. The van der Waals surface area contributed by atoms with Gasteiger partial charge in [0.05, 0.1) is 4.90 Å². The summed E-state index contributed by atoms with van der Waals surface area (Å²) < 4.78 is 26.5. The third-order valence-corrected chi connectivity index (χ3v) is 7.50. The first-order valence-corrected chi connectivity index (χ1v) is 12.5. The normalized spacial score (nSPS) is 15.2. The number of hydrogen-bond donors (Lipinski definition) is 2. The largest absolute Gasteiger partial charge is 0.348 e. The Morgan fingerprint density at radius 3 is 2.29 bits per heavy atom. The monoisotopic (exact) mass is 443 g/mol. The molecule has 6 nitrogen and oxygen atoms in total. The van der Waals surface area contributed by atoms with Crippen molar-refractivity contribution in [2.75, 3.05) is 13.6 Å². The molecule has 2 aromatic rings. The van der Waals surface area contributed by atoms with E-state index in [2.05, 4.69) is 34.1 Å². The van der Waals surface area contributed by atoms with Crippen molar-refractivity contribution in [1.82, 2.24) is 14.9 Å². The second-order valence-electron chi connectivity index (χ2n) is 8.18. The molecule has 3 rings (SSSR count). The molecule has 31 heavy (non-hydrogen) atoms. The molecule has 0 unspecified atom stereocenters. The van der Waals surface area contributed by atoms with Gasteiger partial charge in [-0.2, -0.15) is 0 Å². The molecule has 2 N–H and O–H groups in total. The predicted octanol–water partition coefficient (Wildman–Crippen LogP) is 3.68. The molecule has 7 heteroatoms. The molecule has 168 valence electrons. The van der Waals surface area contributed by atoms with E-state index in [1.54, 1.807) is 19.1 Å². The average Bonchev–Trinajstić information content (AvgIpc) is 2.79. The van der Waals surface area contributed by atoms with Crippen molar-refractivity contribution in [2.24, 2.45) is 0 Å². The summed E-state index contributed by atoms with van der Waals surface area (Å²) in [4.78, 5) is 15.2. The van der Waals surface area contributed by atoms with Crippen LogP contribution in [0.5, 0.6) is 0 Å². The second kappa shape index (κ2) is 10.9. The van der Waals surface area contributed by atoms with Crippen molar-refractivity contribution < 1.29 is 13.2 Å². The van der Waals surface area contributed by atoms with Gasteiger partial charge in [0.15, 0.2) is 0 Å². The average molecular weight is 444 g/mol. The van der Waals surface area contributed by atoms with Crippen LogP contribution in [0.25, 0.3) is 0 Å². The zero-order chi connectivity index (χ0) is 22.3. The fourth-order valence-electron chi connectivity index (χ4n) is 4.14. The number of carbonyl (C=O) groups excluding carboxylic acids is 1. The van der Waals surface area contributed by atoms with Crippen LogP contribution < -0.4 is 10.0 Å². The molecule has 1 aliphatic carbocycles. The van der Waals surface area contributed by atoms with Gasteiger partial charge >= 0.3 is 0 Å². The maximum atomic E-state index is 12.6. The number of hydrogen-bond acceptors (Lipinski definition) is 4. The minimum absolute atomic E-state index is 0.155. The minimum Gasteiger partial charge on any atom is -0.348 e. The molecule has 1 aliphatic rings. The highest BCUT2D eigenvalue weighted by Gasteiger charge is 2.19. The van der Waals surface area contributed by atoms with Crippen LogP contribution in [-0.4, -0.2) is 38.9 Å². The van der Waals surface area contributed by atoms with Crippen LogP contribution in [0.1, 0.15) is 60.5 Å². The number of sulfonamides is 1. The van der Waals surface area contributed by atoms with Crippen molar-refractivity contribution >= 4 is 15.9 Å². The quantitative estimate of drug-likeness (QED) is 0.620. The van der Waals surface area contributed by atoms with E-state index >= 15 is 0 Å². The summed E-state index contributed by atoms with van der Waals surface area (Å²) in [6.45, 7) is 3.35. The third kappa shape index (κ3) is 6.38. The molecule has 1 fully saturated rings. The Bertz CT molecular complexity index is 968. The van der Waals surface area contributed by atoms with Crippen LogP contribution in [0.2, 0.25) is 0 Å². The molecular formula is C24H33N3O3S. The molecule has 0 bridgehead atoms. The van der Waals surface area contributed by atoms with Crippen molar-refractivity contribution in [3.8, 4) is 0 Å². The van der Waals surface area contributed by atoms with Gasteiger partial charge in [0.1, 0.15) is 0 Å². The summed E-state index contributed by atoms with van der Waals surface area (Å²) >= 11 is 0. The van der Waals surface area contributed by atoms with E-state index in [1.807, 2.05) is 12.1 Å². The highest BCUT2D eigenvalue weighted by atomic mass is 32.2. The summed E-state index contributed by atoms with van der Waals surface area (Å²) in [5, 5.41) is 2.97. The molecule has 0 spiro atoms. The molecule has 0 saturated heterocycles. The minimum atomic E-state index is -3.52. The first-order chi connectivity index (χ1) is 14.9. The molecule has 2 aromatic carbocycles. The Morgan fingerprint density at radius 2 is 1.65 bits per heavy atom. The van der Waals surface area contributed by atoms with Gasteiger partial charge in [-0.25, -0.2) is 13.1 Å². The molecule has 0 aliphatic heterocycles. The lowest BCUT2D eigenvalue weighted by atomic mass is 9.94. The van der Waals surface area contributed by atoms with Crippen molar-refractivity contribution in [3.63, 3.8) is 0 Å². The van der Waals surface area contributed by atoms with E-state index in [1.165, 1.54) is 49.8 Å². The lowest BCUT2D eigenvalue weighted by Crippen LogP contribution is -2.33. The number of carbonyl (C=O) groups is 1. The number of benzene rings is 2. The third-order valence-electron chi connectivity index (χ3n) is 5.94. The van der Waals surface area contributed by atoms with Crippen LogP contribution in [0.3, 0.4) is 0 Å². The number of nitrogens with zero attached hydrogens (tertiary/aromatic N) is 1. The van der Waals surface area contributed by atoms with E-state index in [0.29, 0.717) is 24.7 Å². The van der Waals surface area contributed by atoms with Gasteiger partial charge < -0.3 is 5.32 Å². The van der Waals surface area contributed by atoms with Gasteiger partial charge in [-0.1, -0.05) is 50.5 Å². The Kier molecular flexibility index (Phi) is 8.23. The number of nitrogens with one attached hydrogen (secondary N) is 2. The Balaban J connectivity index is 1.61. The second-order valence-corrected chi connectivity index (χ2v) is 9.95. The van der Waals surface area contributed by atoms with Crippen LogP contribution >= 0.6 is 0 Å². The first-order valence-electron chi connectivity index (χ1n) is 11.1. The standard InChI is InChI=1S/C24H33N3O3S/c1-3-26-31(29,30)23-15-13-19(14-16-23)24(28)25-17-20-9-7-8-10-21(20)18-27(2)22-11-5-4-6-12-22/h7-10,13-16,22,26H,3-6,11-12,17-18H2,1-2H3,(H,25,28). The maximum absolute atomic E-state index is 12.6. The van der Waals surface area contributed by atoms with Crippen molar-refractivity contribution in [1.29, 1.82) is 0 Å². The lowest BCUT2D eigenvalue weighted by Gasteiger charge is -2.31. The fourth-order valence-corrected chi connectivity index (χ4v) is 5.18. The number of rotatable bonds is 9. The SMILES string of the molecule is CCNS(=O)(=O)c1ccc(C(=O)NCc2ccccc2CN(C)C2CCCCC2)cc1. The molecule has 0 radical (unpaired) electrons. The summed E-state index contributed by atoms with van der Waals surface area (Å²) in [7, 11) is -1.33. The van der Waals surface area contributed by atoms with Gasteiger partial charge in [-0.15, -0.1) is 0 Å². The van der Waals surface area contributed by atoms with Gasteiger partial charge in [-0.05, 0) is 55.3 Å². The Morgan fingerprint density at radius 1 is 1.00 bits per heavy atom. The van der Waals surface area contributed by atoms with E-state index in [9.17, 15) is 13.2 Å².